The maximum atomic E-state index is 12.6. The molecule has 168 valence electrons. The molecule has 3 aromatic rings. The number of benzene rings is 2. The lowest BCUT2D eigenvalue weighted by Gasteiger charge is -2.34. The molecule has 0 saturated carbocycles. The zero-order chi connectivity index (χ0) is 22.1. The number of nitrogens with one attached hydrogen (secondary N) is 1. The Morgan fingerprint density at radius 2 is 1.62 bits per heavy atom. The molecule has 0 aliphatic carbocycles. The van der Waals surface area contributed by atoms with Crippen molar-refractivity contribution < 1.29 is 18.9 Å². The van der Waals surface area contributed by atoms with Gasteiger partial charge in [0, 0.05) is 38.8 Å². The highest BCUT2D eigenvalue weighted by atomic mass is 16.7. The Labute approximate surface area is 185 Å². The van der Waals surface area contributed by atoms with Crippen LogP contribution in [-0.2, 0) is 13.1 Å². The number of nitrogens with zero attached hydrogens (tertiary/aromatic N) is 3. The molecule has 32 heavy (non-hydrogen) atoms. The molecular weight excluding hydrogens is 412 g/mol. The Kier molecular flexibility index (Phi) is 5.59. The lowest BCUT2D eigenvalue weighted by molar-refractivity contribution is 0.120. The van der Waals surface area contributed by atoms with Crippen molar-refractivity contribution in [2.45, 2.75) is 13.1 Å². The van der Waals surface area contributed by atoms with E-state index in [0.717, 1.165) is 44.2 Å². The Bertz CT molecular complexity index is 1190. The number of rotatable bonds is 6. The number of methoxy groups -OCH3 is 2. The molecular formula is C23H26N4O5. The van der Waals surface area contributed by atoms with Crippen LogP contribution in [0, 0.1) is 0 Å². The van der Waals surface area contributed by atoms with Crippen LogP contribution in [0.4, 0.5) is 0 Å². The summed E-state index contributed by atoms with van der Waals surface area (Å²) in [5.41, 5.74) is 1.64. The Morgan fingerprint density at radius 1 is 0.938 bits per heavy atom. The predicted molar refractivity (Wildman–Crippen MR) is 119 cm³/mol. The first kappa shape index (κ1) is 20.6. The van der Waals surface area contributed by atoms with E-state index >= 15 is 0 Å². The minimum absolute atomic E-state index is 0.174. The molecule has 2 aliphatic heterocycles. The van der Waals surface area contributed by atoms with Crippen LogP contribution in [0.2, 0.25) is 0 Å². The summed E-state index contributed by atoms with van der Waals surface area (Å²) in [7, 11) is 3.12. The molecule has 0 radical (unpaired) electrons. The van der Waals surface area contributed by atoms with E-state index in [-0.39, 0.29) is 5.56 Å². The van der Waals surface area contributed by atoms with Crippen molar-refractivity contribution >= 4 is 10.9 Å². The molecule has 9 heteroatoms. The van der Waals surface area contributed by atoms with E-state index in [0.29, 0.717) is 41.6 Å². The van der Waals surface area contributed by atoms with Crippen LogP contribution >= 0.6 is 0 Å². The highest BCUT2D eigenvalue weighted by Crippen LogP contribution is 2.33. The van der Waals surface area contributed by atoms with Crippen molar-refractivity contribution in [3.63, 3.8) is 0 Å². The van der Waals surface area contributed by atoms with E-state index in [2.05, 4.69) is 31.9 Å². The molecule has 0 spiro atoms. The van der Waals surface area contributed by atoms with Crippen LogP contribution in [0.1, 0.15) is 11.4 Å². The van der Waals surface area contributed by atoms with Gasteiger partial charge in [-0.15, -0.1) is 0 Å². The fourth-order valence-corrected chi connectivity index (χ4v) is 4.20. The van der Waals surface area contributed by atoms with Gasteiger partial charge in [-0.1, -0.05) is 6.07 Å². The van der Waals surface area contributed by atoms with Gasteiger partial charge in [-0.3, -0.25) is 14.6 Å². The van der Waals surface area contributed by atoms with Gasteiger partial charge < -0.3 is 23.9 Å². The second kappa shape index (κ2) is 8.68. The van der Waals surface area contributed by atoms with Crippen LogP contribution in [0.5, 0.6) is 23.0 Å². The molecule has 2 aromatic carbocycles. The fraction of sp³-hybridized carbons (Fsp3) is 0.391. The van der Waals surface area contributed by atoms with Gasteiger partial charge in [-0.05, 0) is 23.8 Å². The molecule has 1 aromatic heterocycles. The molecule has 1 N–H and O–H groups in total. The smallest absolute Gasteiger partial charge is 0.258 e. The van der Waals surface area contributed by atoms with Gasteiger partial charge in [-0.2, -0.15) is 0 Å². The number of fused-ring (bicyclic) bond motifs is 2. The molecule has 1 fully saturated rings. The summed E-state index contributed by atoms with van der Waals surface area (Å²) in [5.74, 6) is 3.35. The molecule has 0 atom stereocenters. The number of aromatic amines is 1. The third kappa shape index (κ3) is 4.09. The fourth-order valence-electron chi connectivity index (χ4n) is 4.20. The van der Waals surface area contributed by atoms with Crippen molar-refractivity contribution in [1.82, 2.24) is 19.8 Å². The van der Waals surface area contributed by atoms with Crippen molar-refractivity contribution in [2.75, 3.05) is 47.2 Å². The van der Waals surface area contributed by atoms with E-state index in [1.54, 1.807) is 26.4 Å². The lowest BCUT2D eigenvalue weighted by Crippen LogP contribution is -2.45. The summed E-state index contributed by atoms with van der Waals surface area (Å²) in [6.07, 6.45) is 0. The van der Waals surface area contributed by atoms with Crippen LogP contribution in [0.3, 0.4) is 0 Å². The number of piperazine rings is 1. The zero-order valence-corrected chi connectivity index (χ0v) is 18.2. The molecule has 2 aliphatic rings. The van der Waals surface area contributed by atoms with Crippen LogP contribution < -0.4 is 24.5 Å². The minimum Gasteiger partial charge on any atom is -0.493 e. The number of ether oxygens (including phenoxy) is 4. The van der Waals surface area contributed by atoms with Crippen molar-refractivity contribution in [2.24, 2.45) is 0 Å². The second-order valence-corrected chi connectivity index (χ2v) is 7.98. The van der Waals surface area contributed by atoms with Gasteiger partial charge in [-0.25, -0.2) is 4.98 Å². The van der Waals surface area contributed by atoms with Crippen molar-refractivity contribution in [1.29, 1.82) is 0 Å². The van der Waals surface area contributed by atoms with Crippen molar-refractivity contribution in [3.05, 3.63) is 52.1 Å². The minimum atomic E-state index is -0.174. The van der Waals surface area contributed by atoms with E-state index < -0.39 is 0 Å². The highest BCUT2D eigenvalue weighted by molar-refractivity contribution is 5.81. The second-order valence-electron chi connectivity index (χ2n) is 7.98. The zero-order valence-electron chi connectivity index (χ0n) is 18.2. The molecule has 1 saturated heterocycles. The van der Waals surface area contributed by atoms with E-state index in [9.17, 15) is 4.79 Å². The number of hydrogen-bond acceptors (Lipinski definition) is 8. The average Bonchev–Trinajstić information content (AvgIpc) is 3.27. The first-order valence-electron chi connectivity index (χ1n) is 10.6. The topological polar surface area (TPSA) is 89.2 Å². The summed E-state index contributed by atoms with van der Waals surface area (Å²) >= 11 is 0. The normalized spacial score (nSPS) is 16.4. The third-order valence-electron chi connectivity index (χ3n) is 5.94. The van der Waals surface area contributed by atoms with Gasteiger partial charge in [0.2, 0.25) is 6.79 Å². The number of aromatic nitrogens is 2. The predicted octanol–water partition coefficient (Wildman–Crippen LogP) is 1.99. The monoisotopic (exact) mass is 438 g/mol. The van der Waals surface area contributed by atoms with Gasteiger partial charge in [0.1, 0.15) is 5.82 Å². The SMILES string of the molecule is COc1cc2nc(CN3CCN(Cc4ccc5c(c4)OCO5)CC3)[nH]c(=O)c2cc1OC. The molecule has 5 rings (SSSR count). The van der Waals surface area contributed by atoms with Gasteiger partial charge >= 0.3 is 0 Å². The van der Waals surface area contributed by atoms with Gasteiger partial charge in [0.05, 0.1) is 31.7 Å². The summed E-state index contributed by atoms with van der Waals surface area (Å²) in [5, 5.41) is 0.486. The van der Waals surface area contributed by atoms with Gasteiger partial charge in [0.15, 0.2) is 23.0 Å². The molecule has 0 unspecified atom stereocenters. The van der Waals surface area contributed by atoms with Gasteiger partial charge in [0.25, 0.3) is 5.56 Å². The lowest BCUT2D eigenvalue weighted by atomic mass is 10.1. The Balaban J connectivity index is 1.23. The summed E-state index contributed by atoms with van der Waals surface area (Å²) in [6.45, 7) is 5.45. The standard InChI is InChI=1S/C23H26N4O5/c1-29-19-10-16-17(11-20(19)30-2)24-22(25-23(16)28)13-27-7-5-26(6-8-27)12-15-3-4-18-21(9-15)32-14-31-18/h3-4,9-11H,5-8,12-14H2,1-2H3,(H,24,25,28). The van der Waals surface area contributed by atoms with E-state index in [1.165, 1.54) is 5.56 Å². The maximum absolute atomic E-state index is 12.6. The first-order valence-corrected chi connectivity index (χ1v) is 10.6. The quantitative estimate of drug-likeness (QED) is 0.625. The van der Waals surface area contributed by atoms with E-state index in [4.69, 9.17) is 18.9 Å². The average molecular weight is 438 g/mol. The first-order chi connectivity index (χ1) is 15.6. The number of hydrogen-bond donors (Lipinski definition) is 1. The molecule has 0 bridgehead atoms. The van der Waals surface area contributed by atoms with Crippen LogP contribution in [-0.4, -0.2) is 67.0 Å². The largest absolute Gasteiger partial charge is 0.493 e. The molecule has 9 nitrogen and oxygen atoms in total. The summed E-state index contributed by atoms with van der Waals surface area (Å²) < 4.78 is 21.5. The van der Waals surface area contributed by atoms with E-state index in [1.807, 2.05) is 6.07 Å². The molecule has 0 amide bonds. The summed E-state index contributed by atoms with van der Waals surface area (Å²) in [6, 6.07) is 9.53. The Hall–Kier alpha value is -3.30. The molecule has 3 heterocycles. The van der Waals surface area contributed by atoms with Crippen LogP contribution in [0.15, 0.2) is 35.1 Å². The third-order valence-corrected chi connectivity index (χ3v) is 5.94. The Morgan fingerprint density at radius 3 is 2.38 bits per heavy atom. The highest BCUT2D eigenvalue weighted by Gasteiger charge is 2.20. The maximum Gasteiger partial charge on any atom is 0.258 e. The van der Waals surface area contributed by atoms with Crippen LogP contribution in [0.25, 0.3) is 10.9 Å². The summed E-state index contributed by atoms with van der Waals surface area (Å²) in [4.78, 5) is 24.9. The number of H-pyrrole nitrogens is 1. The van der Waals surface area contributed by atoms with Crippen molar-refractivity contribution in [3.8, 4) is 23.0 Å².